The predicted molar refractivity (Wildman–Crippen MR) is 80.1 cm³/mol. The van der Waals surface area contributed by atoms with E-state index >= 15 is 0 Å². The Hall–Kier alpha value is -0.120. The van der Waals surface area contributed by atoms with E-state index in [2.05, 4.69) is 43.2 Å². The lowest BCUT2D eigenvalue weighted by atomic mass is 9.85. The van der Waals surface area contributed by atoms with Crippen LogP contribution < -0.4 is 5.32 Å². The molecule has 0 bridgehead atoms. The fraction of sp³-hybridized carbons (Fsp3) is 1.00. The van der Waals surface area contributed by atoms with Crippen LogP contribution in [0.4, 0.5) is 0 Å². The molecule has 0 spiro atoms. The summed E-state index contributed by atoms with van der Waals surface area (Å²) in [6.45, 7) is 8.22. The third-order valence-corrected chi connectivity index (χ3v) is 4.16. The molecule has 0 amide bonds. The van der Waals surface area contributed by atoms with E-state index in [-0.39, 0.29) is 0 Å². The number of hydrogen-bond donors (Lipinski definition) is 1. The highest BCUT2D eigenvalue weighted by atomic mass is 15.1. The molecule has 3 heteroatoms. The van der Waals surface area contributed by atoms with Gasteiger partial charge in [0.05, 0.1) is 0 Å². The van der Waals surface area contributed by atoms with Gasteiger partial charge in [-0.05, 0) is 65.5 Å². The standard InChI is InChI=1S/C15H33N3/c1-5-16-13-15(9-6-7-10-15)14-18(4)12-8-11-17(2)3/h16H,5-14H2,1-4H3. The Balaban J connectivity index is 2.31. The van der Waals surface area contributed by atoms with Gasteiger partial charge < -0.3 is 15.1 Å². The van der Waals surface area contributed by atoms with E-state index in [9.17, 15) is 0 Å². The second kappa shape index (κ2) is 8.13. The fourth-order valence-corrected chi connectivity index (χ4v) is 3.21. The lowest BCUT2D eigenvalue weighted by Crippen LogP contribution is -2.41. The molecular weight excluding hydrogens is 222 g/mol. The maximum Gasteiger partial charge on any atom is 0.00471 e. The van der Waals surface area contributed by atoms with Crippen molar-refractivity contribution >= 4 is 0 Å². The second-order valence-electron chi connectivity index (χ2n) is 6.38. The van der Waals surface area contributed by atoms with Gasteiger partial charge in [-0.1, -0.05) is 19.8 Å². The van der Waals surface area contributed by atoms with Crippen LogP contribution in [-0.2, 0) is 0 Å². The van der Waals surface area contributed by atoms with Gasteiger partial charge in [0.1, 0.15) is 0 Å². The SMILES string of the molecule is CCNCC1(CN(C)CCCN(C)C)CCCC1. The summed E-state index contributed by atoms with van der Waals surface area (Å²) in [5, 5.41) is 3.58. The summed E-state index contributed by atoms with van der Waals surface area (Å²) in [6, 6.07) is 0. The van der Waals surface area contributed by atoms with Gasteiger partial charge in [0.2, 0.25) is 0 Å². The van der Waals surface area contributed by atoms with E-state index in [1.165, 1.54) is 58.3 Å². The van der Waals surface area contributed by atoms with Crippen LogP contribution in [0.5, 0.6) is 0 Å². The quantitative estimate of drug-likeness (QED) is 0.680. The lowest BCUT2D eigenvalue weighted by molar-refractivity contribution is 0.169. The van der Waals surface area contributed by atoms with Crippen molar-refractivity contribution in [1.29, 1.82) is 0 Å². The van der Waals surface area contributed by atoms with Gasteiger partial charge in [0, 0.05) is 13.1 Å². The van der Waals surface area contributed by atoms with Crippen LogP contribution in [0.1, 0.15) is 39.0 Å². The third kappa shape index (κ3) is 5.68. The second-order valence-corrected chi connectivity index (χ2v) is 6.38. The van der Waals surface area contributed by atoms with Crippen LogP contribution >= 0.6 is 0 Å². The van der Waals surface area contributed by atoms with Crippen molar-refractivity contribution in [3.8, 4) is 0 Å². The smallest absolute Gasteiger partial charge is 0.00471 e. The summed E-state index contributed by atoms with van der Waals surface area (Å²) >= 11 is 0. The first-order valence-corrected chi connectivity index (χ1v) is 7.62. The van der Waals surface area contributed by atoms with Crippen LogP contribution in [0.2, 0.25) is 0 Å². The van der Waals surface area contributed by atoms with E-state index < -0.39 is 0 Å². The molecule has 1 saturated carbocycles. The molecule has 3 nitrogen and oxygen atoms in total. The van der Waals surface area contributed by atoms with Crippen LogP contribution in [0.25, 0.3) is 0 Å². The summed E-state index contributed by atoms with van der Waals surface area (Å²) in [7, 11) is 6.61. The molecule has 0 heterocycles. The van der Waals surface area contributed by atoms with Gasteiger partial charge in [0.15, 0.2) is 0 Å². The Labute approximate surface area is 114 Å². The Bertz CT molecular complexity index is 210. The lowest BCUT2D eigenvalue weighted by Gasteiger charge is -2.34. The van der Waals surface area contributed by atoms with Crippen molar-refractivity contribution in [2.45, 2.75) is 39.0 Å². The zero-order chi connectivity index (χ0) is 13.4. The molecule has 1 fully saturated rings. The van der Waals surface area contributed by atoms with Crippen molar-refractivity contribution in [3.05, 3.63) is 0 Å². The molecule has 1 aliphatic carbocycles. The minimum atomic E-state index is 0.558. The van der Waals surface area contributed by atoms with Gasteiger partial charge in [-0.2, -0.15) is 0 Å². The molecule has 18 heavy (non-hydrogen) atoms. The summed E-state index contributed by atoms with van der Waals surface area (Å²) in [4.78, 5) is 4.82. The fourth-order valence-electron chi connectivity index (χ4n) is 3.21. The van der Waals surface area contributed by atoms with Crippen LogP contribution in [0.3, 0.4) is 0 Å². The van der Waals surface area contributed by atoms with Crippen molar-refractivity contribution in [1.82, 2.24) is 15.1 Å². The Kier molecular flexibility index (Phi) is 7.20. The largest absolute Gasteiger partial charge is 0.316 e. The van der Waals surface area contributed by atoms with Crippen molar-refractivity contribution in [2.75, 3.05) is 53.9 Å². The average molecular weight is 255 g/mol. The topological polar surface area (TPSA) is 18.5 Å². The van der Waals surface area contributed by atoms with E-state index in [4.69, 9.17) is 0 Å². The first kappa shape index (κ1) is 15.9. The Morgan fingerprint density at radius 3 is 2.28 bits per heavy atom. The van der Waals surface area contributed by atoms with Crippen LogP contribution in [0, 0.1) is 5.41 Å². The molecule has 1 aliphatic rings. The molecule has 0 radical (unpaired) electrons. The van der Waals surface area contributed by atoms with Crippen LogP contribution in [-0.4, -0.2) is 63.7 Å². The molecule has 0 unspecified atom stereocenters. The highest BCUT2D eigenvalue weighted by molar-refractivity contribution is 4.88. The molecule has 0 aliphatic heterocycles. The number of nitrogens with zero attached hydrogens (tertiary/aromatic N) is 2. The first-order valence-electron chi connectivity index (χ1n) is 7.62. The molecule has 108 valence electrons. The minimum Gasteiger partial charge on any atom is -0.316 e. The zero-order valence-corrected chi connectivity index (χ0v) is 13.0. The number of hydrogen-bond acceptors (Lipinski definition) is 3. The zero-order valence-electron chi connectivity index (χ0n) is 13.0. The molecule has 0 atom stereocenters. The molecule has 0 aromatic heterocycles. The van der Waals surface area contributed by atoms with E-state index in [1.54, 1.807) is 0 Å². The van der Waals surface area contributed by atoms with Gasteiger partial charge in [-0.3, -0.25) is 0 Å². The molecule has 1 N–H and O–H groups in total. The number of nitrogens with one attached hydrogen (secondary N) is 1. The molecule has 0 aromatic rings. The maximum atomic E-state index is 3.58. The van der Waals surface area contributed by atoms with Gasteiger partial charge in [-0.15, -0.1) is 0 Å². The maximum absolute atomic E-state index is 3.58. The first-order chi connectivity index (χ1) is 8.58. The Morgan fingerprint density at radius 1 is 1.06 bits per heavy atom. The van der Waals surface area contributed by atoms with Gasteiger partial charge >= 0.3 is 0 Å². The predicted octanol–water partition coefficient (Wildman–Crippen LogP) is 2.04. The number of rotatable bonds is 9. The highest BCUT2D eigenvalue weighted by Crippen LogP contribution is 2.38. The third-order valence-electron chi connectivity index (χ3n) is 4.16. The van der Waals surface area contributed by atoms with Gasteiger partial charge in [-0.25, -0.2) is 0 Å². The molecule has 0 saturated heterocycles. The average Bonchev–Trinajstić information content (AvgIpc) is 2.75. The normalized spacial score (nSPS) is 19.0. The van der Waals surface area contributed by atoms with Gasteiger partial charge in [0.25, 0.3) is 0 Å². The molecule has 0 aromatic carbocycles. The summed E-state index contributed by atoms with van der Waals surface area (Å²) in [5.74, 6) is 0. The summed E-state index contributed by atoms with van der Waals surface area (Å²) < 4.78 is 0. The van der Waals surface area contributed by atoms with Crippen molar-refractivity contribution < 1.29 is 0 Å². The highest BCUT2D eigenvalue weighted by Gasteiger charge is 2.34. The van der Waals surface area contributed by atoms with Crippen LogP contribution in [0.15, 0.2) is 0 Å². The van der Waals surface area contributed by atoms with E-state index in [0.29, 0.717) is 5.41 Å². The van der Waals surface area contributed by atoms with E-state index in [1.807, 2.05) is 0 Å². The van der Waals surface area contributed by atoms with Crippen molar-refractivity contribution in [3.63, 3.8) is 0 Å². The summed E-state index contributed by atoms with van der Waals surface area (Å²) in [6.07, 6.45) is 6.96. The summed E-state index contributed by atoms with van der Waals surface area (Å²) in [5.41, 5.74) is 0.558. The minimum absolute atomic E-state index is 0.558. The molecule has 1 rings (SSSR count). The monoisotopic (exact) mass is 255 g/mol. The Morgan fingerprint density at radius 2 is 1.72 bits per heavy atom. The molecular formula is C15H33N3. The van der Waals surface area contributed by atoms with E-state index in [0.717, 1.165) is 6.54 Å². The van der Waals surface area contributed by atoms with Crippen molar-refractivity contribution in [2.24, 2.45) is 5.41 Å².